The summed E-state index contributed by atoms with van der Waals surface area (Å²) in [6.07, 6.45) is 30.0. The summed E-state index contributed by atoms with van der Waals surface area (Å²) < 4.78 is 27.5. The van der Waals surface area contributed by atoms with Gasteiger partial charge in [0.05, 0.1) is 24.0 Å². The zero-order chi connectivity index (χ0) is 37.0. The Bertz CT molecular complexity index is 1170. The highest BCUT2D eigenvalue weighted by Gasteiger charge is 2.68. The standard InChI is InChI=1S/C48H76O6/c1-3-5-7-9-11-13-51-31-47(39-18-33-15-34(20-39)21-40(47)19-33)53-43(49)45-26-37-17-38(27-45)29-46(28-37,30-45)44(50)54-48(32-52-14-12-10-8-6-4-2)41-22-35-16-36(24-41)25-42(48)23-35/h33-42H,3-32H2,1-2H3. The van der Waals surface area contributed by atoms with E-state index >= 15 is 9.59 Å². The van der Waals surface area contributed by atoms with Crippen LogP contribution in [-0.2, 0) is 28.5 Å². The fourth-order valence-electron chi connectivity index (χ4n) is 16.2. The molecule has 12 aliphatic rings. The van der Waals surface area contributed by atoms with E-state index in [1.165, 1.54) is 116 Å². The predicted molar refractivity (Wildman–Crippen MR) is 210 cm³/mol. The fraction of sp³-hybridized carbons (Fsp3) is 0.958. The topological polar surface area (TPSA) is 71.1 Å². The van der Waals surface area contributed by atoms with E-state index < -0.39 is 22.0 Å². The minimum absolute atomic E-state index is 0.0311. The number of ether oxygens (including phenoxy) is 4. The van der Waals surface area contributed by atoms with Gasteiger partial charge in [-0.25, -0.2) is 0 Å². The third-order valence-corrected chi connectivity index (χ3v) is 18.0. The average molecular weight is 749 g/mol. The van der Waals surface area contributed by atoms with E-state index in [2.05, 4.69) is 13.8 Å². The number of unbranched alkanes of at least 4 members (excludes halogenated alkanes) is 8. The molecule has 6 heteroatoms. The van der Waals surface area contributed by atoms with Crippen molar-refractivity contribution in [3.63, 3.8) is 0 Å². The monoisotopic (exact) mass is 749 g/mol. The summed E-state index contributed by atoms with van der Waals surface area (Å²) in [6, 6.07) is 0. The molecule has 12 rings (SSSR count). The van der Waals surface area contributed by atoms with Gasteiger partial charge >= 0.3 is 11.9 Å². The van der Waals surface area contributed by atoms with E-state index in [9.17, 15) is 0 Å². The van der Waals surface area contributed by atoms with Crippen LogP contribution in [0.1, 0.15) is 181 Å². The van der Waals surface area contributed by atoms with Crippen molar-refractivity contribution in [2.24, 2.45) is 70.0 Å². The lowest BCUT2D eigenvalue weighted by Gasteiger charge is -2.63. The minimum atomic E-state index is -0.558. The van der Waals surface area contributed by atoms with Gasteiger partial charge in [-0.2, -0.15) is 0 Å². The average Bonchev–Trinajstić information content (AvgIpc) is 3.13. The zero-order valence-corrected chi connectivity index (χ0v) is 34.4. The largest absolute Gasteiger partial charge is 0.456 e. The van der Waals surface area contributed by atoms with Crippen molar-refractivity contribution in [1.29, 1.82) is 0 Å². The van der Waals surface area contributed by atoms with Gasteiger partial charge in [0.15, 0.2) is 0 Å². The van der Waals surface area contributed by atoms with Gasteiger partial charge in [0.25, 0.3) is 0 Å². The normalized spacial score (nSPS) is 46.0. The van der Waals surface area contributed by atoms with Gasteiger partial charge in [0, 0.05) is 36.9 Å². The van der Waals surface area contributed by atoms with Gasteiger partial charge in [-0.15, -0.1) is 0 Å². The first-order valence-electron chi connectivity index (χ1n) is 23.9. The second-order valence-electron chi connectivity index (χ2n) is 21.8. The lowest BCUT2D eigenvalue weighted by molar-refractivity contribution is -0.253. The summed E-state index contributed by atoms with van der Waals surface area (Å²) >= 11 is 0. The van der Waals surface area contributed by atoms with E-state index in [0.29, 0.717) is 55.1 Å². The van der Waals surface area contributed by atoms with Gasteiger partial charge in [-0.3, -0.25) is 9.59 Å². The molecule has 0 unspecified atom stereocenters. The van der Waals surface area contributed by atoms with Gasteiger partial charge in [0.1, 0.15) is 11.2 Å². The molecule has 0 amide bonds. The second kappa shape index (κ2) is 15.6. The summed E-state index contributed by atoms with van der Waals surface area (Å²) in [4.78, 5) is 30.3. The highest BCUT2D eigenvalue weighted by atomic mass is 16.6. The molecule has 0 aliphatic heterocycles. The third kappa shape index (κ3) is 6.95. The smallest absolute Gasteiger partial charge is 0.312 e. The number of hydrogen-bond donors (Lipinski definition) is 0. The Balaban J connectivity index is 0.920. The van der Waals surface area contributed by atoms with Crippen molar-refractivity contribution in [1.82, 2.24) is 0 Å². The molecule has 0 aromatic rings. The van der Waals surface area contributed by atoms with Crippen LogP contribution >= 0.6 is 0 Å². The lowest BCUT2D eigenvalue weighted by atomic mass is 9.44. The van der Waals surface area contributed by atoms with E-state index in [1.807, 2.05) is 0 Å². The summed E-state index contributed by atoms with van der Waals surface area (Å²) in [7, 11) is 0. The molecule has 0 radical (unpaired) electrons. The number of hydrogen-bond acceptors (Lipinski definition) is 6. The maximum absolute atomic E-state index is 15.1. The molecule has 54 heavy (non-hydrogen) atoms. The number of esters is 2. The molecule has 12 fully saturated rings. The predicted octanol–water partition coefficient (Wildman–Crippen LogP) is 11.0. The molecule has 0 saturated heterocycles. The van der Waals surface area contributed by atoms with Crippen molar-refractivity contribution in [3.8, 4) is 0 Å². The quantitative estimate of drug-likeness (QED) is 0.0912. The van der Waals surface area contributed by atoms with Crippen LogP contribution in [0.3, 0.4) is 0 Å². The van der Waals surface area contributed by atoms with E-state index in [4.69, 9.17) is 18.9 Å². The third-order valence-electron chi connectivity index (χ3n) is 18.0. The van der Waals surface area contributed by atoms with Crippen molar-refractivity contribution >= 4 is 11.9 Å². The van der Waals surface area contributed by atoms with Crippen LogP contribution in [0.5, 0.6) is 0 Å². The molecule has 12 saturated carbocycles. The Morgan fingerprint density at radius 3 is 1.13 bits per heavy atom. The SMILES string of the molecule is CCCCCCCOCC1(OC(=O)C23CC4CC(C2)CC(C(=O)OC2(COCCCCCCC)C5CC6CC(C5)CC2C6)(C4)C3)C2CC3CC(C2)CC1C3. The highest BCUT2D eigenvalue weighted by Crippen LogP contribution is 2.68. The Morgan fingerprint density at radius 1 is 0.444 bits per heavy atom. The molecule has 12 aliphatic carbocycles. The van der Waals surface area contributed by atoms with Crippen molar-refractivity contribution in [2.45, 2.75) is 192 Å². The highest BCUT2D eigenvalue weighted by molar-refractivity contribution is 5.83. The van der Waals surface area contributed by atoms with Crippen LogP contribution in [0.25, 0.3) is 0 Å². The van der Waals surface area contributed by atoms with Gasteiger partial charge in [-0.05, 0) is 151 Å². The van der Waals surface area contributed by atoms with Crippen LogP contribution in [0.2, 0.25) is 0 Å². The van der Waals surface area contributed by atoms with Gasteiger partial charge in [-0.1, -0.05) is 65.2 Å². The number of carbonyl (C=O) groups is 2. The Kier molecular flexibility index (Phi) is 11.1. The first kappa shape index (κ1) is 38.4. The molecule has 0 aromatic heterocycles. The first-order valence-corrected chi connectivity index (χ1v) is 23.9. The molecule has 6 nitrogen and oxygen atoms in total. The maximum Gasteiger partial charge on any atom is 0.312 e. The molecule has 0 heterocycles. The zero-order valence-electron chi connectivity index (χ0n) is 34.4. The van der Waals surface area contributed by atoms with Crippen LogP contribution < -0.4 is 0 Å². The van der Waals surface area contributed by atoms with E-state index in [1.54, 1.807) is 0 Å². The van der Waals surface area contributed by atoms with Crippen molar-refractivity contribution in [3.05, 3.63) is 0 Å². The van der Waals surface area contributed by atoms with Crippen molar-refractivity contribution in [2.75, 3.05) is 26.4 Å². The summed E-state index contributed by atoms with van der Waals surface area (Å²) in [5.74, 6) is 5.78. The van der Waals surface area contributed by atoms with Gasteiger partial charge < -0.3 is 18.9 Å². The van der Waals surface area contributed by atoms with Crippen molar-refractivity contribution < 1.29 is 28.5 Å². The van der Waals surface area contributed by atoms with Crippen LogP contribution in [-0.4, -0.2) is 49.6 Å². The molecular weight excluding hydrogens is 673 g/mol. The molecule has 12 bridgehead atoms. The molecule has 0 spiro atoms. The summed E-state index contributed by atoms with van der Waals surface area (Å²) in [5.41, 5.74) is -2.08. The molecular formula is C48H76O6. The first-order chi connectivity index (χ1) is 26.3. The minimum Gasteiger partial charge on any atom is -0.456 e. The molecule has 0 N–H and O–H groups in total. The summed E-state index contributed by atoms with van der Waals surface area (Å²) in [6.45, 7) is 7.22. The maximum atomic E-state index is 15.1. The lowest BCUT2D eigenvalue weighted by Crippen LogP contribution is -2.66. The van der Waals surface area contributed by atoms with Gasteiger partial charge in [0.2, 0.25) is 0 Å². The van der Waals surface area contributed by atoms with E-state index in [-0.39, 0.29) is 11.9 Å². The molecule has 0 atom stereocenters. The van der Waals surface area contributed by atoms with E-state index in [0.717, 1.165) is 81.8 Å². The molecule has 0 aromatic carbocycles. The molecule has 304 valence electrons. The second-order valence-corrected chi connectivity index (χ2v) is 21.8. The Morgan fingerprint density at radius 2 is 0.778 bits per heavy atom. The van der Waals surface area contributed by atoms with Crippen LogP contribution in [0.15, 0.2) is 0 Å². The number of rotatable bonds is 20. The van der Waals surface area contributed by atoms with Crippen LogP contribution in [0.4, 0.5) is 0 Å². The summed E-state index contributed by atoms with van der Waals surface area (Å²) in [5, 5.41) is 0. The fourth-order valence-corrected chi connectivity index (χ4v) is 16.2. The number of carbonyl (C=O) groups excluding carboxylic acids is 2. The Hall–Kier alpha value is -1.14. The van der Waals surface area contributed by atoms with Crippen LogP contribution in [0, 0.1) is 70.0 Å². The Labute approximate surface area is 328 Å².